The quantitative estimate of drug-likeness (QED) is 0.830. The van der Waals surface area contributed by atoms with Gasteiger partial charge in [-0.2, -0.15) is 4.99 Å². The summed E-state index contributed by atoms with van der Waals surface area (Å²) < 4.78 is 5.52. The second-order valence-corrected chi connectivity index (χ2v) is 5.68. The van der Waals surface area contributed by atoms with E-state index in [4.69, 9.17) is 15.6 Å². The van der Waals surface area contributed by atoms with Crippen LogP contribution in [0.25, 0.3) is 0 Å². The second-order valence-electron chi connectivity index (χ2n) is 5.68. The average Bonchev–Trinajstić information content (AvgIpc) is 3.03. The molecule has 8 heteroatoms. The number of benzene rings is 1. The SMILES string of the molecule is CCOc1ccc(NC2=N[N+]3(c4ccc(N)nc4)C=CN=CC3=N2)cc1. The Morgan fingerprint density at radius 1 is 1.15 bits per heavy atom. The summed E-state index contributed by atoms with van der Waals surface area (Å²) in [4.78, 5) is 12.9. The number of pyridine rings is 1. The Morgan fingerprint density at radius 2 is 2.00 bits per heavy atom. The van der Waals surface area contributed by atoms with Crippen LogP contribution in [0.3, 0.4) is 0 Å². The number of quaternary nitrogens is 1. The topological polar surface area (TPSA) is 97.2 Å². The van der Waals surface area contributed by atoms with Gasteiger partial charge in [-0.1, -0.05) is 4.59 Å². The number of ether oxygens (including phenoxy) is 1. The lowest BCUT2D eigenvalue weighted by atomic mass is 10.3. The summed E-state index contributed by atoms with van der Waals surface area (Å²) in [6, 6.07) is 11.3. The molecule has 0 radical (unpaired) electrons. The molecule has 0 amide bonds. The number of anilines is 2. The molecule has 26 heavy (non-hydrogen) atoms. The van der Waals surface area contributed by atoms with Crippen molar-refractivity contribution in [2.75, 3.05) is 17.7 Å². The molecule has 130 valence electrons. The lowest BCUT2D eigenvalue weighted by Crippen LogP contribution is -2.44. The van der Waals surface area contributed by atoms with Crippen molar-refractivity contribution in [3.63, 3.8) is 0 Å². The van der Waals surface area contributed by atoms with E-state index in [-0.39, 0.29) is 4.59 Å². The zero-order valence-corrected chi connectivity index (χ0v) is 14.2. The van der Waals surface area contributed by atoms with Crippen LogP contribution in [0.2, 0.25) is 0 Å². The van der Waals surface area contributed by atoms with Crippen LogP contribution < -0.4 is 20.4 Å². The first-order valence-corrected chi connectivity index (χ1v) is 8.21. The van der Waals surface area contributed by atoms with Crippen LogP contribution in [0, 0.1) is 0 Å². The van der Waals surface area contributed by atoms with Crippen LogP contribution in [-0.4, -0.2) is 29.6 Å². The van der Waals surface area contributed by atoms with Crippen molar-refractivity contribution in [3.8, 4) is 5.75 Å². The fourth-order valence-corrected chi connectivity index (χ4v) is 2.74. The number of nitrogens with two attached hydrogens (primary N) is 1. The van der Waals surface area contributed by atoms with Crippen molar-refractivity contribution in [2.45, 2.75) is 6.92 Å². The average molecular weight is 348 g/mol. The van der Waals surface area contributed by atoms with Gasteiger partial charge in [0.15, 0.2) is 11.9 Å². The van der Waals surface area contributed by atoms with Gasteiger partial charge in [-0.25, -0.2) is 4.98 Å². The summed E-state index contributed by atoms with van der Waals surface area (Å²) in [6.07, 6.45) is 6.92. The Balaban J connectivity index is 1.64. The molecular formula is C18H18N7O+. The summed E-state index contributed by atoms with van der Waals surface area (Å²) in [5, 5.41) is 7.97. The first kappa shape index (κ1) is 16.0. The molecule has 2 aliphatic heterocycles. The van der Waals surface area contributed by atoms with E-state index >= 15 is 0 Å². The number of amidine groups is 1. The lowest BCUT2D eigenvalue weighted by molar-refractivity contribution is 0.340. The molecule has 0 saturated carbocycles. The molecule has 0 fully saturated rings. The molecule has 8 nitrogen and oxygen atoms in total. The van der Waals surface area contributed by atoms with Crippen LogP contribution in [0.5, 0.6) is 5.75 Å². The molecule has 0 aliphatic carbocycles. The zero-order valence-electron chi connectivity index (χ0n) is 14.2. The third-order valence-electron chi connectivity index (χ3n) is 3.97. The Bertz CT molecular complexity index is 929. The van der Waals surface area contributed by atoms with Gasteiger partial charge in [0.2, 0.25) is 0 Å². The number of fused-ring (bicyclic) bond motifs is 1. The van der Waals surface area contributed by atoms with E-state index < -0.39 is 0 Å². The highest BCUT2D eigenvalue weighted by Gasteiger charge is 2.43. The van der Waals surface area contributed by atoms with Gasteiger partial charge >= 0.3 is 0 Å². The minimum absolute atomic E-state index is 0.0656. The number of hydrogen-bond donors (Lipinski definition) is 2. The first-order chi connectivity index (χ1) is 12.7. The zero-order chi connectivity index (χ0) is 18.0. The maximum absolute atomic E-state index is 5.70. The van der Waals surface area contributed by atoms with Gasteiger partial charge in [-0.15, -0.1) is 0 Å². The van der Waals surface area contributed by atoms with Crippen LogP contribution in [0.1, 0.15) is 6.92 Å². The maximum Gasteiger partial charge on any atom is 0.287 e. The van der Waals surface area contributed by atoms with Gasteiger partial charge in [0.25, 0.3) is 11.8 Å². The van der Waals surface area contributed by atoms with E-state index in [2.05, 4.69) is 20.3 Å². The summed E-state index contributed by atoms with van der Waals surface area (Å²) in [6.45, 7) is 2.59. The fourth-order valence-electron chi connectivity index (χ4n) is 2.74. The van der Waals surface area contributed by atoms with Crippen LogP contribution in [0.15, 0.2) is 70.1 Å². The number of nitrogen functional groups attached to an aromatic ring is 1. The van der Waals surface area contributed by atoms with Crippen LogP contribution >= 0.6 is 0 Å². The van der Waals surface area contributed by atoms with E-state index in [0.717, 1.165) is 17.1 Å². The Labute approximate surface area is 150 Å². The van der Waals surface area contributed by atoms with Gasteiger partial charge in [0, 0.05) is 11.8 Å². The van der Waals surface area contributed by atoms with Crippen molar-refractivity contribution < 1.29 is 4.74 Å². The second kappa shape index (κ2) is 6.41. The number of aromatic nitrogens is 1. The van der Waals surface area contributed by atoms with E-state index in [1.165, 1.54) is 0 Å². The van der Waals surface area contributed by atoms with Gasteiger partial charge in [-0.05, 0) is 42.4 Å². The highest BCUT2D eigenvalue weighted by molar-refractivity contribution is 6.38. The number of guanidine groups is 1. The normalized spacial score (nSPS) is 20.3. The first-order valence-electron chi connectivity index (χ1n) is 8.21. The smallest absolute Gasteiger partial charge is 0.287 e. The summed E-state index contributed by atoms with van der Waals surface area (Å²) in [5.74, 6) is 2.43. The summed E-state index contributed by atoms with van der Waals surface area (Å²) in [7, 11) is 0. The largest absolute Gasteiger partial charge is 0.494 e. The molecule has 0 saturated heterocycles. The molecule has 0 bridgehead atoms. The minimum atomic E-state index is 0.0656. The van der Waals surface area contributed by atoms with Crippen molar-refractivity contribution in [3.05, 3.63) is 55.0 Å². The molecule has 3 N–H and O–H groups in total. The molecule has 2 aliphatic rings. The molecule has 1 aromatic heterocycles. The number of nitrogens with zero attached hydrogens (tertiary/aromatic N) is 5. The molecule has 3 heterocycles. The number of hydrogen-bond acceptors (Lipinski definition) is 7. The Hall–Kier alpha value is -3.52. The van der Waals surface area contributed by atoms with Gasteiger partial charge in [-0.3, -0.25) is 4.99 Å². The molecule has 1 unspecified atom stereocenters. The molecule has 2 aromatic rings. The standard InChI is InChI=1S/C18H18N7O/c1-2-26-15-6-3-13(4-7-15)22-18-23-17-12-20-9-10-25(17,24-18)14-5-8-16(19)21-11-14/h3-12H,2H2,1H3,(H2,19,21)(H,22,24)/q+1. The minimum Gasteiger partial charge on any atom is -0.494 e. The van der Waals surface area contributed by atoms with E-state index in [9.17, 15) is 0 Å². The third-order valence-corrected chi connectivity index (χ3v) is 3.97. The van der Waals surface area contributed by atoms with Gasteiger partial charge < -0.3 is 15.8 Å². The summed E-state index contributed by atoms with van der Waals surface area (Å²) >= 11 is 0. The van der Waals surface area contributed by atoms with Crippen molar-refractivity contribution in [1.82, 2.24) is 9.58 Å². The van der Waals surface area contributed by atoms with Gasteiger partial charge in [0.05, 0.1) is 19.0 Å². The predicted octanol–water partition coefficient (Wildman–Crippen LogP) is 2.72. The van der Waals surface area contributed by atoms with Crippen molar-refractivity contribution in [1.29, 1.82) is 0 Å². The molecule has 1 atom stereocenters. The highest BCUT2D eigenvalue weighted by atomic mass is 16.5. The predicted molar refractivity (Wildman–Crippen MR) is 104 cm³/mol. The van der Waals surface area contributed by atoms with E-state index in [1.807, 2.05) is 43.5 Å². The van der Waals surface area contributed by atoms with E-state index in [0.29, 0.717) is 24.2 Å². The van der Waals surface area contributed by atoms with E-state index in [1.54, 1.807) is 24.7 Å². The van der Waals surface area contributed by atoms with Gasteiger partial charge in [0.1, 0.15) is 17.8 Å². The maximum atomic E-state index is 5.70. The molecule has 4 rings (SSSR count). The summed E-state index contributed by atoms with van der Waals surface area (Å²) in [5.41, 5.74) is 7.39. The van der Waals surface area contributed by atoms with Crippen molar-refractivity contribution in [2.24, 2.45) is 15.1 Å². The molecular weight excluding hydrogens is 330 g/mol. The number of nitrogens with one attached hydrogen (secondary N) is 1. The fraction of sp³-hybridized carbons (Fsp3) is 0.111. The monoisotopic (exact) mass is 348 g/mol. The third kappa shape index (κ3) is 2.82. The number of aliphatic imine (C=N–C) groups is 2. The Morgan fingerprint density at radius 3 is 2.73 bits per heavy atom. The van der Waals surface area contributed by atoms with Crippen LogP contribution in [-0.2, 0) is 0 Å². The number of rotatable bonds is 4. The van der Waals surface area contributed by atoms with Crippen molar-refractivity contribution >= 4 is 35.2 Å². The molecule has 1 aromatic carbocycles. The lowest BCUT2D eigenvalue weighted by Gasteiger charge is -2.23. The molecule has 0 spiro atoms. The highest BCUT2D eigenvalue weighted by Crippen LogP contribution is 2.30. The van der Waals surface area contributed by atoms with Crippen LogP contribution in [0.4, 0.5) is 17.2 Å². The Kier molecular flexibility index (Phi) is 3.94.